The fraction of sp³-hybridized carbons (Fsp3) is 0.417. The zero-order valence-electron chi connectivity index (χ0n) is 9.77. The third-order valence-corrected chi connectivity index (χ3v) is 2.91. The van der Waals surface area contributed by atoms with Crippen LogP contribution >= 0.6 is 0 Å². The summed E-state index contributed by atoms with van der Waals surface area (Å²) in [4.78, 5) is 12.9. The molecule has 0 aromatic heterocycles. The van der Waals surface area contributed by atoms with Crippen molar-refractivity contribution in [2.24, 2.45) is 0 Å². The number of likely N-dealkylation sites (N-methyl/N-ethyl adjacent to an activating group) is 1. The number of hydrogen-bond acceptors (Lipinski definition) is 3. The molecular weight excluding hydrogens is 206 g/mol. The van der Waals surface area contributed by atoms with Crippen molar-refractivity contribution < 1.29 is 15.0 Å². The van der Waals surface area contributed by atoms with Crippen LogP contribution in [-0.4, -0.2) is 40.7 Å². The number of carboxylic acid groups (broad SMARTS) is 1. The first kappa shape index (κ1) is 12.5. The number of phenolic OH excluding ortho intramolecular Hbond substituents is 1. The van der Waals surface area contributed by atoms with Crippen molar-refractivity contribution in [3.05, 3.63) is 29.8 Å². The van der Waals surface area contributed by atoms with Crippen LogP contribution in [0.2, 0.25) is 0 Å². The van der Waals surface area contributed by atoms with E-state index in [1.165, 1.54) is 0 Å². The van der Waals surface area contributed by atoms with Gasteiger partial charge in [0, 0.05) is 6.42 Å². The van der Waals surface area contributed by atoms with Gasteiger partial charge in [0.15, 0.2) is 0 Å². The number of carbonyl (C=O) groups is 1. The lowest BCUT2D eigenvalue weighted by atomic mass is 9.91. The molecule has 0 aliphatic heterocycles. The number of nitrogens with zero attached hydrogens (tertiary/aromatic N) is 1. The van der Waals surface area contributed by atoms with Gasteiger partial charge in [0.05, 0.1) is 0 Å². The summed E-state index contributed by atoms with van der Waals surface area (Å²) in [7, 11) is 3.47. The van der Waals surface area contributed by atoms with Crippen LogP contribution in [0.5, 0.6) is 5.75 Å². The molecule has 1 unspecified atom stereocenters. The molecule has 0 amide bonds. The highest BCUT2D eigenvalue weighted by Gasteiger charge is 2.35. The predicted molar refractivity (Wildman–Crippen MR) is 61.5 cm³/mol. The minimum Gasteiger partial charge on any atom is -0.508 e. The quantitative estimate of drug-likeness (QED) is 0.808. The van der Waals surface area contributed by atoms with E-state index in [2.05, 4.69) is 0 Å². The van der Waals surface area contributed by atoms with Crippen molar-refractivity contribution in [1.82, 2.24) is 4.90 Å². The summed E-state index contributed by atoms with van der Waals surface area (Å²) < 4.78 is 0. The molecule has 0 heterocycles. The second kappa shape index (κ2) is 4.53. The van der Waals surface area contributed by atoms with E-state index in [0.29, 0.717) is 6.42 Å². The topological polar surface area (TPSA) is 60.8 Å². The van der Waals surface area contributed by atoms with Crippen LogP contribution in [0.4, 0.5) is 0 Å². The van der Waals surface area contributed by atoms with Crippen molar-refractivity contribution in [3.8, 4) is 5.75 Å². The Morgan fingerprint density at radius 1 is 1.44 bits per heavy atom. The first-order valence-corrected chi connectivity index (χ1v) is 5.05. The van der Waals surface area contributed by atoms with E-state index in [9.17, 15) is 15.0 Å². The molecular formula is C12H17NO3. The van der Waals surface area contributed by atoms with Gasteiger partial charge in [0.25, 0.3) is 0 Å². The molecule has 4 nitrogen and oxygen atoms in total. The normalized spacial score (nSPS) is 14.8. The van der Waals surface area contributed by atoms with Crippen LogP contribution in [0.15, 0.2) is 24.3 Å². The van der Waals surface area contributed by atoms with E-state index in [1.807, 2.05) is 6.07 Å². The monoisotopic (exact) mass is 223 g/mol. The van der Waals surface area contributed by atoms with Gasteiger partial charge in [-0.05, 0) is 38.7 Å². The zero-order valence-corrected chi connectivity index (χ0v) is 9.77. The average Bonchev–Trinajstić information content (AvgIpc) is 2.16. The summed E-state index contributed by atoms with van der Waals surface area (Å²) in [6.07, 6.45) is 0.351. The largest absolute Gasteiger partial charge is 0.508 e. The van der Waals surface area contributed by atoms with Gasteiger partial charge in [-0.3, -0.25) is 9.69 Å². The first-order chi connectivity index (χ1) is 7.36. The highest BCUT2D eigenvalue weighted by molar-refractivity contribution is 5.78. The van der Waals surface area contributed by atoms with Crippen molar-refractivity contribution in [3.63, 3.8) is 0 Å². The first-order valence-electron chi connectivity index (χ1n) is 5.05. The third kappa shape index (κ3) is 2.52. The van der Waals surface area contributed by atoms with Crippen molar-refractivity contribution in [1.29, 1.82) is 0 Å². The highest BCUT2D eigenvalue weighted by Crippen LogP contribution is 2.21. The van der Waals surface area contributed by atoms with Crippen molar-refractivity contribution in [2.45, 2.75) is 18.9 Å². The van der Waals surface area contributed by atoms with Crippen LogP contribution < -0.4 is 0 Å². The fourth-order valence-electron chi connectivity index (χ4n) is 1.49. The van der Waals surface area contributed by atoms with Gasteiger partial charge in [-0.2, -0.15) is 0 Å². The summed E-state index contributed by atoms with van der Waals surface area (Å²) in [6, 6.07) is 6.68. The molecule has 4 heteroatoms. The molecule has 1 rings (SSSR count). The number of rotatable bonds is 4. The molecule has 0 spiro atoms. The van der Waals surface area contributed by atoms with E-state index in [1.54, 1.807) is 44.1 Å². The van der Waals surface area contributed by atoms with Gasteiger partial charge in [-0.25, -0.2) is 0 Å². The molecule has 0 radical (unpaired) electrons. The molecule has 0 aliphatic carbocycles. The van der Waals surface area contributed by atoms with Crippen LogP contribution in [0.25, 0.3) is 0 Å². The lowest BCUT2D eigenvalue weighted by molar-refractivity contribution is -0.148. The Labute approximate surface area is 95.1 Å². The van der Waals surface area contributed by atoms with E-state index >= 15 is 0 Å². The number of phenols is 1. The Balaban J connectivity index is 2.97. The van der Waals surface area contributed by atoms with Gasteiger partial charge < -0.3 is 10.2 Å². The molecule has 0 aliphatic rings. The number of carboxylic acids is 1. The summed E-state index contributed by atoms with van der Waals surface area (Å²) in [5.74, 6) is -0.718. The molecule has 16 heavy (non-hydrogen) atoms. The Morgan fingerprint density at radius 2 is 2.06 bits per heavy atom. The number of benzene rings is 1. The number of aliphatic carboxylic acids is 1. The minimum atomic E-state index is -0.964. The second-order valence-electron chi connectivity index (χ2n) is 4.32. The van der Waals surface area contributed by atoms with Gasteiger partial charge in [0.2, 0.25) is 0 Å². The van der Waals surface area contributed by atoms with Crippen molar-refractivity contribution in [2.75, 3.05) is 14.1 Å². The minimum absolute atomic E-state index is 0.156. The molecule has 0 fully saturated rings. The third-order valence-electron chi connectivity index (χ3n) is 2.91. The van der Waals surface area contributed by atoms with Gasteiger partial charge in [0.1, 0.15) is 11.3 Å². The van der Waals surface area contributed by atoms with Gasteiger partial charge >= 0.3 is 5.97 Å². The van der Waals surface area contributed by atoms with E-state index < -0.39 is 11.5 Å². The van der Waals surface area contributed by atoms with E-state index in [-0.39, 0.29) is 5.75 Å². The van der Waals surface area contributed by atoms with Crippen LogP contribution in [-0.2, 0) is 11.2 Å². The molecule has 0 saturated heterocycles. The Kier molecular flexibility index (Phi) is 3.55. The lowest BCUT2D eigenvalue weighted by Gasteiger charge is -2.32. The van der Waals surface area contributed by atoms with Crippen LogP contribution in [0.3, 0.4) is 0 Å². The lowest BCUT2D eigenvalue weighted by Crippen LogP contribution is -2.50. The van der Waals surface area contributed by atoms with Gasteiger partial charge in [-0.1, -0.05) is 12.1 Å². The Hall–Kier alpha value is -1.55. The molecule has 1 atom stereocenters. The smallest absolute Gasteiger partial charge is 0.324 e. The summed E-state index contributed by atoms with van der Waals surface area (Å²) in [5.41, 5.74) is -0.160. The molecule has 88 valence electrons. The highest BCUT2D eigenvalue weighted by atomic mass is 16.4. The predicted octanol–water partition coefficient (Wildman–Crippen LogP) is 1.34. The maximum Gasteiger partial charge on any atom is 0.324 e. The summed E-state index contributed by atoms with van der Waals surface area (Å²) >= 11 is 0. The maximum absolute atomic E-state index is 11.2. The molecule has 1 aromatic carbocycles. The molecule has 0 saturated carbocycles. The number of aromatic hydroxyl groups is 1. The Morgan fingerprint density at radius 3 is 2.50 bits per heavy atom. The SMILES string of the molecule is CN(C)C(C)(Cc1cccc(O)c1)C(=O)O. The molecule has 1 aromatic rings. The number of hydrogen-bond donors (Lipinski definition) is 2. The van der Waals surface area contributed by atoms with Crippen molar-refractivity contribution >= 4 is 5.97 Å². The van der Waals surface area contributed by atoms with E-state index in [4.69, 9.17) is 0 Å². The Bertz CT molecular complexity index is 390. The molecule has 0 bridgehead atoms. The van der Waals surface area contributed by atoms with Crippen LogP contribution in [0.1, 0.15) is 12.5 Å². The molecule has 2 N–H and O–H groups in total. The van der Waals surface area contributed by atoms with Crippen LogP contribution in [0, 0.1) is 0 Å². The standard InChI is InChI=1S/C12H17NO3/c1-12(11(15)16,13(2)3)8-9-5-4-6-10(14)7-9/h4-7,14H,8H2,1-3H3,(H,15,16). The zero-order chi connectivity index (χ0) is 12.3. The summed E-state index contributed by atoms with van der Waals surface area (Å²) in [5, 5.41) is 18.6. The fourth-order valence-corrected chi connectivity index (χ4v) is 1.49. The van der Waals surface area contributed by atoms with E-state index in [0.717, 1.165) is 5.56 Å². The average molecular weight is 223 g/mol. The summed E-state index contributed by atoms with van der Waals surface area (Å²) in [6.45, 7) is 1.67. The van der Waals surface area contributed by atoms with Gasteiger partial charge in [-0.15, -0.1) is 0 Å². The second-order valence-corrected chi connectivity index (χ2v) is 4.32. The maximum atomic E-state index is 11.2.